The number of halogens is 1. The zero-order valence-corrected chi connectivity index (χ0v) is 13.1. The molecule has 0 saturated carbocycles. The molecule has 2 aromatic rings. The summed E-state index contributed by atoms with van der Waals surface area (Å²) in [7, 11) is 4.57. The molecule has 120 valence electrons. The summed E-state index contributed by atoms with van der Waals surface area (Å²) in [5.74, 6) is 0.967. The largest absolute Gasteiger partial charge is 0.493 e. The fraction of sp³-hybridized carbons (Fsp3) is 0.235. The topological polar surface area (TPSA) is 63.5 Å². The van der Waals surface area contributed by atoms with Crippen molar-refractivity contribution < 1.29 is 18.6 Å². The molecule has 0 aliphatic heterocycles. The van der Waals surface area contributed by atoms with Crippen LogP contribution in [-0.2, 0) is 6.54 Å². The Labute approximate surface area is 134 Å². The molecule has 0 bridgehead atoms. The molecule has 0 aliphatic rings. The van der Waals surface area contributed by atoms with Gasteiger partial charge in [-0.1, -0.05) is 12.1 Å². The Hall–Kier alpha value is -2.94. The number of hydrogen-bond donors (Lipinski definition) is 1. The molecule has 0 amide bonds. The van der Waals surface area contributed by atoms with E-state index >= 15 is 0 Å². The maximum absolute atomic E-state index is 14.1. The van der Waals surface area contributed by atoms with Gasteiger partial charge in [0.1, 0.15) is 11.9 Å². The minimum Gasteiger partial charge on any atom is -0.493 e. The van der Waals surface area contributed by atoms with Gasteiger partial charge >= 0.3 is 0 Å². The normalized spacial score (nSPS) is 9.87. The molecule has 0 aliphatic carbocycles. The van der Waals surface area contributed by atoms with Crippen molar-refractivity contribution in [2.45, 2.75) is 6.54 Å². The summed E-state index contributed by atoms with van der Waals surface area (Å²) < 4.78 is 29.8. The molecular weight excluding hydrogens is 299 g/mol. The summed E-state index contributed by atoms with van der Waals surface area (Å²) in [5, 5.41) is 12.0. The van der Waals surface area contributed by atoms with Crippen molar-refractivity contribution in [1.82, 2.24) is 0 Å². The van der Waals surface area contributed by atoms with Crippen molar-refractivity contribution in [1.29, 1.82) is 5.26 Å². The fourth-order valence-electron chi connectivity index (χ4n) is 2.18. The van der Waals surface area contributed by atoms with Crippen LogP contribution in [0, 0.1) is 17.1 Å². The Morgan fingerprint density at radius 1 is 1.09 bits per heavy atom. The Balaban J connectivity index is 2.26. The van der Waals surface area contributed by atoms with Crippen LogP contribution in [0.3, 0.4) is 0 Å². The smallest absolute Gasteiger partial charge is 0.203 e. The van der Waals surface area contributed by atoms with E-state index in [-0.39, 0.29) is 12.1 Å². The van der Waals surface area contributed by atoms with Gasteiger partial charge in [-0.05, 0) is 6.07 Å². The number of ether oxygens (including phenoxy) is 3. The number of hydrogen-bond acceptors (Lipinski definition) is 5. The van der Waals surface area contributed by atoms with E-state index in [0.717, 1.165) is 0 Å². The highest BCUT2D eigenvalue weighted by Crippen LogP contribution is 2.40. The van der Waals surface area contributed by atoms with Crippen LogP contribution in [0.4, 0.5) is 10.1 Å². The first-order valence-corrected chi connectivity index (χ1v) is 6.86. The zero-order chi connectivity index (χ0) is 16.8. The predicted octanol–water partition coefficient (Wildman–Crippen LogP) is 3.34. The van der Waals surface area contributed by atoms with Gasteiger partial charge in [0.25, 0.3) is 0 Å². The molecule has 23 heavy (non-hydrogen) atoms. The number of nitrogens with zero attached hydrogens (tertiary/aromatic N) is 1. The lowest BCUT2D eigenvalue weighted by atomic mass is 10.1. The molecule has 0 aromatic heterocycles. The summed E-state index contributed by atoms with van der Waals surface area (Å²) in [6.07, 6.45) is 0. The minimum absolute atomic E-state index is 0.0224. The molecule has 2 rings (SSSR count). The highest BCUT2D eigenvalue weighted by Gasteiger charge is 2.14. The van der Waals surface area contributed by atoms with Gasteiger partial charge in [-0.3, -0.25) is 0 Å². The Morgan fingerprint density at radius 2 is 1.74 bits per heavy atom. The molecule has 0 radical (unpaired) electrons. The highest BCUT2D eigenvalue weighted by atomic mass is 19.1. The summed E-state index contributed by atoms with van der Waals surface area (Å²) in [5.41, 5.74) is 1.10. The van der Waals surface area contributed by atoms with Crippen molar-refractivity contribution in [3.8, 4) is 23.3 Å². The van der Waals surface area contributed by atoms with Crippen LogP contribution in [0.5, 0.6) is 17.2 Å². The summed E-state index contributed by atoms with van der Waals surface area (Å²) in [6.45, 7) is 0.222. The molecule has 0 heterocycles. The van der Waals surface area contributed by atoms with Crippen LogP contribution >= 0.6 is 0 Å². The van der Waals surface area contributed by atoms with Crippen LogP contribution in [0.2, 0.25) is 0 Å². The van der Waals surface area contributed by atoms with Crippen molar-refractivity contribution in [3.63, 3.8) is 0 Å². The van der Waals surface area contributed by atoms with Crippen molar-refractivity contribution in [2.24, 2.45) is 0 Å². The molecule has 0 spiro atoms. The lowest BCUT2D eigenvalue weighted by Gasteiger charge is -2.15. The predicted molar refractivity (Wildman–Crippen MR) is 84.5 cm³/mol. The second-order valence-corrected chi connectivity index (χ2v) is 4.66. The van der Waals surface area contributed by atoms with Crippen molar-refractivity contribution in [3.05, 3.63) is 47.3 Å². The molecule has 0 atom stereocenters. The van der Waals surface area contributed by atoms with Crippen molar-refractivity contribution >= 4 is 5.69 Å². The maximum Gasteiger partial charge on any atom is 0.203 e. The third-order valence-electron chi connectivity index (χ3n) is 3.35. The van der Waals surface area contributed by atoms with Gasteiger partial charge in [0, 0.05) is 29.9 Å². The van der Waals surface area contributed by atoms with E-state index in [1.54, 1.807) is 24.3 Å². The van der Waals surface area contributed by atoms with Gasteiger partial charge in [0.2, 0.25) is 5.75 Å². The minimum atomic E-state index is -0.519. The summed E-state index contributed by atoms with van der Waals surface area (Å²) >= 11 is 0. The van der Waals surface area contributed by atoms with E-state index in [9.17, 15) is 4.39 Å². The zero-order valence-electron chi connectivity index (χ0n) is 13.1. The molecule has 5 nitrogen and oxygen atoms in total. The average molecular weight is 316 g/mol. The first kappa shape index (κ1) is 16.4. The third-order valence-corrected chi connectivity index (χ3v) is 3.35. The van der Waals surface area contributed by atoms with Gasteiger partial charge in [0.15, 0.2) is 11.5 Å². The van der Waals surface area contributed by atoms with Gasteiger partial charge in [-0.15, -0.1) is 0 Å². The second-order valence-electron chi connectivity index (χ2n) is 4.66. The Kier molecular flexibility index (Phi) is 5.26. The number of nitrogens with one attached hydrogen (secondary N) is 1. The number of rotatable bonds is 6. The Bertz CT molecular complexity index is 716. The van der Waals surface area contributed by atoms with Crippen LogP contribution in [0.25, 0.3) is 0 Å². The average Bonchev–Trinajstić information content (AvgIpc) is 2.59. The molecule has 0 fully saturated rings. The molecule has 6 heteroatoms. The van der Waals surface area contributed by atoms with Crippen LogP contribution < -0.4 is 19.5 Å². The van der Waals surface area contributed by atoms with Crippen LogP contribution in [0.15, 0.2) is 30.3 Å². The Morgan fingerprint density at radius 3 is 2.26 bits per heavy atom. The van der Waals surface area contributed by atoms with Gasteiger partial charge in [-0.2, -0.15) is 5.26 Å². The fourth-order valence-corrected chi connectivity index (χ4v) is 2.18. The second kappa shape index (κ2) is 7.36. The molecule has 0 saturated heterocycles. The number of nitriles is 1. The van der Waals surface area contributed by atoms with Gasteiger partial charge in [0.05, 0.1) is 26.9 Å². The van der Waals surface area contributed by atoms with E-state index < -0.39 is 5.82 Å². The third kappa shape index (κ3) is 3.46. The van der Waals surface area contributed by atoms with Crippen LogP contribution in [-0.4, -0.2) is 21.3 Å². The standard InChI is InChI=1S/C17H17FN2O3/c1-21-14-7-13(8-15(22-2)17(14)23-3)20-10-12-6-4-5-11(9-19)16(12)18/h4-8,20H,10H2,1-3H3. The lowest BCUT2D eigenvalue weighted by Crippen LogP contribution is -2.04. The number of anilines is 1. The SMILES string of the molecule is COc1cc(NCc2cccc(C#N)c2F)cc(OC)c1OC. The van der Waals surface area contributed by atoms with Crippen molar-refractivity contribution in [2.75, 3.05) is 26.6 Å². The monoisotopic (exact) mass is 316 g/mol. The van der Waals surface area contributed by atoms with E-state index in [1.165, 1.54) is 27.4 Å². The van der Waals surface area contributed by atoms with Gasteiger partial charge < -0.3 is 19.5 Å². The first-order valence-electron chi connectivity index (χ1n) is 6.86. The van der Waals surface area contributed by atoms with Gasteiger partial charge in [-0.25, -0.2) is 4.39 Å². The highest BCUT2D eigenvalue weighted by molar-refractivity contribution is 5.62. The van der Waals surface area contributed by atoms with E-state index in [0.29, 0.717) is 28.5 Å². The van der Waals surface area contributed by atoms with Crippen LogP contribution in [0.1, 0.15) is 11.1 Å². The van der Waals surface area contributed by atoms with E-state index in [4.69, 9.17) is 19.5 Å². The first-order chi connectivity index (χ1) is 11.1. The van der Waals surface area contributed by atoms with E-state index in [2.05, 4.69) is 5.32 Å². The molecule has 0 unspecified atom stereocenters. The van der Waals surface area contributed by atoms with E-state index in [1.807, 2.05) is 6.07 Å². The molecular formula is C17H17FN2O3. The summed E-state index contributed by atoms with van der Waals surface area (Å²) in [4.78, 5) is 0. The number of benzene rings is 2. The lowest BCUT2D eigenvalue weighted by molar-refractivity contribution is 0.324. The molecule has 1 N–H and O–H groups in total. The number of methoxy groups -OCH3 is 3. The quantitative estimate of drug-likeness (QED) is 0.885. The maximum atomic E-state index is 14.1. The molecule has 2 aromatic carbocycles. The summed E-state index contributed by atoms with van der Waals surface area (Å²) in [6, 6.07) is 10.0.